The van der Waals surface area contributed by atoms with Gasteiger partial charge in [0.25, 0.3) is 10.0 Å². The summed E-state index contributed by atoms with van der Waals surface area (Å²) in [6.07, 6.45) is 3.50. The number of rotatable bonds is 4. The number of halogens is 1. The first-order valence-corrected chi connectivity index (χ1v) is 11.2. The van der Waals surface area contributed by atoms with E-state index in [1.54, 1.807) is 36.7 Å². The number of aryl methyl sites for hydroxylation is 1. The molecule has 0 aliphatic heterocycles. The lowest BCUT2D eigenvalue weighted by molar-refractivity contribution is 0.587. The average Bonchev–Trinajstić information content (AvgIpc) is 3.30. The van der Waals surface area contributed by atoms with Crippen LogP contribution in [-0.2, 0) is 22.5 Å². The van der Waals surface area contributed by atoms with Gasteiger partial charge in [-0.25, -0.2) is 17.9 Å². The molecule has 9 heteroatoms. The number of fused-ring (bicyclic) bond motifs is 1. The maximum atomic E-state index is 13.0. The van der Waals surface area contributed by atoms with Crippen LogP contribution >= 0.6 is 11.6 Å². The summed E-state index contributed by atoms with van der Waals surface area (Å²) >= 11 is 6.32. The summed E-state index contributed by atoms with van der Waals surface area (Å²) in [5.74, 6) is 0.288. The third kappa shape index (κ3) is 3.80. The highest BCUT2D eigenvalue weighted by molar-refractivity contribution is 7.92. The molecule has 0 aliphatic rings. The first-order valence-electron chi connectivity index (χ1n) is 9.34. The maximum absolute atomic E-state index is 13.0. The molecule has 30 heavy (non-hydrogen) atoms. The average molecular weight is 444 g/mol. The molecule has 0 radical (unpaired) electrons. The molecule has 3 aromatic heterocycles. The maximum Gasteiger partial charge on any atom is 0.263 e. The fourth-order valence-electron chi connectivity index (χ4n) is 3.12. The molecule has 0 saturated carbocycles. The molecule has 0 amide bonds. The zero-order valence-corrected chi connectivity index (χ0v) is 18.7. The Labute approximate surface area is 180 Å². The fourth-order valence-corrected chi connectivity index (χ4v) is 4.36. The number of sulfonamides is 1. The number of benzene rings is 1. The Morgan fingerprint density at radius 2 is 1.73 bits per heavy atom. The smallest absolute Gasteiger partial charge is 0.263 e. The molecule has 0 atom stereocenters. The Kier molecular flexibility index (Phi) is 4.86. The molecule has 4 rings (SSSR count). The van der Waals surface area contributed by atoms with Crippen molar-refractivity contribution in [2.45, 2.75) is 31.1 Å². The zero-order valence-electron chi connectivity index (χ0n) is 17.1. The highest BCUT2D eigenvalue weighted by atomic mass is 35.5. The van der Waals surface area contributed by atoms with Gasteiger partial charge in [0.2, 0.25) is 0 Å². The van der Waals surface area contributed by atoms with E-state index in [0.29, 0.717) is 21.9 Å². The molecule has 0 unspecified atom stereocenters. The predicted octanol–water partition coefficient (Wildman–Crippen LogP) is 4.49. The van der Waals surface area contributed by atoms with Crippen LogP contribution in [-0.4, -0.2) is 27.6 Å². The molecule has 7 nitrogen and oxygen atoms in total. The lowest BCUT2D eigenvalue weighted by atomic mass is 9.87. The van der Waals surface area contributed by atoms with Crippen molar-refractivity contribution in [3.63, 3.8) is 0 Å². The largest absolute Gasteiger partial charge is 0.340 e. The van der Waals surface area contributed by atoms with Crippen LogP contribution in [0, 0.1) is 0 Å². The van der Waals surface area contributed by atoms with Crippen molar-refractivity contribution in [2.75, 3.05) is 4.72 Å². The molecule has 0 saturated heterocycles. The van der Waals surface area contributed by atoms with Gasteiger partial charge in [0, 0.05) is 13.2 Å². The summed E-state index contributed by atoms with van der Waals surface area (Å²) in [7, 11) is -1.94. The van der Waals surface area contributed by atoms with E-state index in [-0.39, 0.29) is 16.1 Å². The first kappa shape index (κ1) is 20.4. The Hall–Kier alpha value is -2.84. The summed E-state index contributed by atoms with van der Waals surface area (Å²) < 4.78 is 31.9. The molecule has 0 aliphatic carbocycles. The molecule has 4 aromatic rings. The number of pyridine rings is 1. The lowest BCUT2D eigenvalue weighted by Gasteiger charge is -2.19. The van der Waals surface area contributed by atoms with Gasteiger partial charge in [0.15, 0.2) is 0 Å². The third-order valence-corrected chi connectivity index (χ3v) is 6.50. The predicted molar refractivity (Wildman–Crippen MR) is 118 cm³/mol. The minimum absolute atomic E-state index is 0.0605. The molecule has 0 spiro atoms. The van der Waals surface area contributed by atoms with Crippen molar-refractivity contribution in [1.82, 2.24) is 19.2 Å². The second-order valence-corrected chi connectivity index (χ2v) is 10.3. The molecular formula is C21H22ClN5O2S. The highest BCUT2D eigenvalue weighted by Gasteiger charge is 2.20. The summed E-state index contributed by atoms with van der Waals surface area (Å²) in [6, 6.07) is 11.9. The van der Waals surface area contributed by atoms with Crippen LogP contribution in [0.3, 0.4) is 0 Å². The van der Waals surface area contributed by atoms with Crippen molar-refractivity contribution in [3.8, 4) is 11.4 Å². The van der Waals surface area contributed by atoms with E-state index in [4.69, 9.17) is 11.6 Å². The molecule has 1 N–H and O–H groups in total. The summed E-state index contributed by atoms with van der Waals surface area (Å²) in [6.45, 7) is 6.24. The quantitative estimate of drug-likeness (QED) is 0.504. The zero-order chi connectivity index (χ0) is 21.7. The fraction of sp³-hybridized carbons (Fsp3) is 0.238. The minimum Gasteiger partial charge on any atom is -0.340 e. The van der Waals surface area contributed by atoms with E-state index < -0.39 is 10.0 Å². The van der Waals surface area contributed by atoms with E-state index in [0.717, 1.165) is 5.56 Å². The van der Waals surface area contributed by atoms with Gasteiger partial charge < -0.3 is 4.57 Å². The van der Waals surface area contributed by atoms with E-state index in [1.165, 1.54) is 4.52 Å². The second kappa shape index (κ2) is 7.14. The van der Waals surface area contributed by atoms with Gasteiger partial charge in [-0.2, -0.15) is 5.10 Å². The normalized spacial score (nSPS) is 12.4. The molecular weight excluding hydrogens is 422 g/mol. The topological polar surface area (TPSA) is 81.3 Å². The summed E-state index contributed by atoms with van der Waals surface area (Å²) in [5, 5.41) is 4.97. The van der Waals surface area contributed by atoms with Crippen molar-refractivity contribution in [3.05, 3.63) is 65.6 Å². The van der Waals surface area contributed by atoms with Gasteiger partial charge in [-0.3, -0.25) is 4.72 Å². The van der Waals surface area contributed by atoms with Gasteiger partial charge in [-0.05, 0) is 41.3 Å². The van der Waals surface area contributed by atoms with Crippen LogP contribution in [0.25, 0.3) is 16.9 Å². The van der Waals surface area contributed by atoms with Crippen molar-refractivity contribution < 1.29 is 8.42 Å². The lowest BCUT2D eigenvalue weighted by Crippen LogP contribution is -2.16. The van der Waals surface area contributed by atoms with Crippen LogP contribution < -0.4 is 4.72 Å². The second-order valence-electron chi connectivity index (χ2n) is 8.20. The first-order chi connectivity index (χ1) is 14.0. The summed E-state index contributed by atoms with van der Waals surface area (Å²) in [5.41, 5.74) is 2.85. The van der Waals surface area contributed by atoms with Gasteiger partial charge in [0.1, 0.15) is 17.2 Å². The number of nitrogens with zero attached hydrogens (tertiary/aromatic N) is 4. The minimum atomic E-state index is -3.80. The van der Waals surface area contributed by atoms with Crippen molar-refractivity contribution in [2.24, 2.45) is 7.05 Å². The molecule has 0 fully saturated rings. The molecule has 3 heterocycles. The Morgan fingerprint density at radius 3 is 2.33 bits per heavy atom. The number of aromatic nitrogens is 4. The SMILES string of the molecule is Cn1cnc(-c2cc3c(Cl)ccc(NS(=O)(=O)c4ccc(C(C)(C)C)cc4)n3n2)c1. The number of hydrogen-bond acceptors (Lipinski definition) is 4. The van der Waals surface area contributed by atoms with Gasteiger partial charge in [-0.1, -0.05) is 44.5 Å². The Bertz CT molecular complexity index is 1330. The molecule has 156 valence electrons. The van der Waals surface area contributed by atoms with E-state index in [2.05, 4.69) is 35.6 Å². The Balaban J connectivity index is 1.72. The third-order valence-electron chi connectivity index (χ3n) is 4.81. The standard InChI is InChI=1S/C21H22ClN5O2S/c1-21(2,3)14-5-7-15(8-6-14)30(28,29)25-20-10-9-16(22)19-11-17(24-27(19)20)18-12-26(4)13-23-18/h5-13,25H,1-4H3. The van der Waals surface area contributed by atoms with E-state index >= 15 is 0 Å². The number of nitrogens with one attached hydrogen (secondary N) is 1. The Morgan fingerprint density at radius 1 is 1.03 bits per heavy atom. The highest BCUT2D eigenvalue weighted by Crippen LogP contribution is 2.28. The van der Waals surface area contributed by atoms with Gasteiger partial charge in [0.05, 0.1) is 21.8 Å². The number of hydrogen-bond donors (Lipinski definition) is 1. The molecule has 1 aromatic carbocycles. The van der Waals surface area contributed by atoms with Crippen LogP contribution in [0.15, 0.2) is 59.9 Å². The van der Waals surface area contributed by atoms with Crippen LogP contribution in [0.4, 0.5) is 5.82 Å². The van der Waals surface area contributed by atoms with E-state index in [1.807, 2.05) is 29.9 Å². The van der Waals surface area contributed by atoms with Gasteiger partial charge in [-0.15, -0.1) is 0 Å². The number of imidazole rings is 1. The van der Waals surface area contributed by atoms with Crippen LogP contribution in [0.2, 0.25) is 5.02 Å². The van der Waals surface area contributed by atoms with Crippen LogP contribution in [0.5, 0.6) is 0 Å². The molecule has 0 bridgehead atoms. The van der Waals surface area contributed by atoms with Crippen molar-refractivity contribution in [1.29, 1.82) is 0 Å². The van der Waals surface area contributed by atoms with E-state index in [9.17, 15) is 8.42 Å². The number of anilines is 1. The monoisotopic (exact) mass is 443 g/mol. The van der Waals surface area contributed by atoms with Crippen molar-refractivity contribution >= 4 is 33.0 Å². The summed E-state index contributed by atoms with van der Waals surface area (Å²) in [4.78, 5) is 4.47. The van der Waals surface area contributed by atoms with Gasteiger partial charge >= 0.3 is 0 Å². The van der Waals surface area contributed by atoms with Crippen LogP contribution in [0.1, 0.15) is 26.3 Å².